The van der Waals surface area contributed by atoms with Gasteiger partial charge in [-0.25, -0.2) is 4.39 Å². The van der Waals surface area contributed by atoms with Crippen LogP contribution < -0.4 is 10.7 Å². The number of aromatic nitrogens is 1. The fraction of sp³-hybridized carbons (Fsp3) is 0.381. The van der Waals surface area contributed by atoms with Crippen LogP contribution in [0.15, 0.2) is 23.0 Å². The Morgan fingerprint density at radius 3 is 2.94 bits per heavy atom. The van der Waals surface area contributed by atoms with Crippen LogP contribution in [0.2, 0.25) is 5.02 Å². The summed E-state index contributed by atoms with van der Waals surface area (Å²) in [5.41, 5.74) is -0.710. The molecule has 0 spiro atoms. The van der Waals surface area contributed by atoms with Gasteiger partial charge in [0, 0.05) is 24.3 Å². The lowest BCUT2D eigenvalue weighted by atomic mass is 10.1. The third-order valence-corrected chi connectivity index (χ3v) is 6.41. The Balaban J connectivity index is 1.54. The summed E-state index contributed by atoms with van der Waals surface area (Å²) in [6, 6.07) is 4.12. The lowest BCUT2D eigenvalue weighted by Crippen LogP contribution is -2.48. The van der Waals surface area contributed by atoms with E-state index >= 15 is 0 Å². The zero-order valence-corrected chi connectivity index (χ0v) is 17.3. The number of amides is 2. The van der Waals surface area contributed by atoms with Gasteiger partial charge in [-0.2, -0.15) is 0 Å². The van der Waals surface area contributed by atoms with Crippen LogP contribution in [0.3, 0.4) is 0 Å². The van der Waals surface area contributed by atoms with Crippen LogP contribution in [0, 0.1) is 5.82 Å². The van der Waals surface area contributed by atoms with E-state index < -0.39 is 35.0 Å². The van der Waals surface area contributed by atoms with Gasteiger partial charge in [-0.3, -0.25) is 14.4 Å². The number of benzene rings is 1. The normalized spacial score (nSPS) is 23.6. The highest BCUT2D eigenvalue weighted by Gasteiger charge is 2.50. The van der Waals surface area contributed by atoms with Gasteiger partial charge in [0.05, 0.1) is 17.2 Å². The second-order valence-electron chi connectivity index (χ2n) is 8.01. The molecule has 1 aromatic carbocycles. The first-order valence-corrected chi connectivity index (χ1v) is 10.3. The SMILES string of the molecule is C[C@H]1CN2C(=O)c3c(O)c(=O)c(C(=O)NCc4cccc(Cl)c4F)c4n3C(CC4)C2O1. The summed E-state index contributed by atoms with van der Waals surface area (Å²) in [4.78, 5) is 40.3. The zero-order valence-electron chi connectivity index (χ0n) is 16.5. The third-order valence-electron chi connectivity index (χ3n) is 6.12. The van der Waals surface area contributed by atoms with Crippen molar-refractivity contribution in [3.63, 3.8) is 0 Å². The minimum atomic E-state index is -0.911. The summed E-state index contributed by atoms with van der Waals surface area (Å²) in [5.74, 6) is -2.65. The summed E-state index contributed by atoms with van der Waals surface area (Å²) in [5, 5.41) is 13.0. The average Bonchev–Trinajstić information content (AvgIpc) is 3.33. The van der Waals surface area contributed by atoms with Gasteiger partial charge < -0.3 is 24.6 Å². The first-order valence-electron chi connectivity index (χ1n) is 9.97. The Hall–Kier alpha value is -2.91. The van der Waals surface area contributed by atoms with E-state index in [1.54, 1.807) is 10.6 Å². The number of ether oxygens (including phenoxy) is 1. The number of pyridine rings is 1. The van der Waals surface area contributed by atoms with E-state index in [9.17, 15) is 23.9 Å². The molecular formula is C21H19ClFN3O5. The Morgan fingerprint density at radius 1 is 1.39 bits per heavy atom. The molecule has 1 fully saturated rings. The molecule has 0 saturated carbocycles. The van der Waals surface area contributed by atoms with Crippen LogP contribution in [0.1, 0.15) is 51.5 Å². The fourth-order valence-electron chi connectivity index (χ4n) is 4.78. The summed E-state index contributed by atoms with van der Waals surface area (Å²) in [6.07, 6.45) is 0.253. The summed E-state index contributed by atoms with van der Waals surface area (Å²) in [6.45, 7) is 2.03. The number of nitrogens with one attached hydrogen (secondary N) is 1. The number of fused-ring (bicyclic) bond motifs is 2. The van der Waals surface area contributed by atoms with Gasteiger partial charge in [0.2, 0.25) is 5.43 Å². The molecule has 2 N–H and O–H groups in total. The second kappa shape index (κ2) is 7.06. The van der Waals surface area contributed by atoms with Crippen LogP contribution in [0.4, 0.5) is 4.39 Å². The van der Waals surface area contributed by atoms with Gasteiger partial charge >= 0.3 is 0 Å². The van der Waals surface area contributed by atoms with Crippen molar-refractivity contribution in [2.24, 2.45) is 0 Å². The monoisotopic (exact) mass is 447 g/mol. The number of carbonyl (C=O) groups is 2. The Kier molecular flexibility index (Phi) is 4.56. The first-order chi connectivity index (χ1) is 14.8. The van der Waals surface area contributed by atoms with Gasteiger partial charge in [0.1, 0.15) is 11.4 Å². The molecule has 3 atom stereocenters. The molecule has 2 unspecified atom stereocenters. The number of aromatic hydroxyl groups is 1. The number of carbonyl (C=O) groups excluding carboxylic acids is 2. The Labute approximate surface area is 181 Å². The van der Waals surface area contributed by atoms with Crippen molar-refractivity contribution in [3.8, 4) is 5.75 Å². The molecule has 2 aromatic rings. The van der Waals surface area contributed by atoms with Crippen LogP contribution in [0.5, 0.6) is 5.75 Å². The zero-order chi connectivity index (χ0) is 22.0. The highest BCUT2D eigenvalue weighted by Crippen LogP contribution is 2.42. The number of rotatable bonds is 3. The first kappa shape index (κ1) is 20.0. The maximum Gasteiger partial charge on any atom is 0.276 e. The van der Waals surface area contributed by atoms with Crippen molar-refractivity contribution in [1.29, 1.82) is 0 Å². The second-order valence-corrected chi connectivity index (χ2v) is 8.42. The van der Waals surface area contributed by atoms with Crippen molar-refractivity contribution in [2.45, 2.75) is 44.7 Å². The summed E-state index contributed by atoms with van der Waals surface area (Å²) in [7, 11) is 0. The molecule has 1 aromatic heterocycles. The standard InChI is InChI=1S/C21H19ClFN3O5/c1-9-8-25-20(30)16-18(28)17(27)14(12-5-6-13(26(12)16)21(25)31-9)19(29)24-7-10-3-2-4-11(22)15(10)23/h2-4,9,13,21,28H,5-8H2,1H3,(H,24,29)/t9-,13?,21?/m0/s1. The topological polar surface area (TPSA) is 101 Å². The van der Waals surface area contributed by atoms with Crippen molar-refractivity contribution in [3.05, 3.63) is 61.8 Å². The van der Waals surface area contributed by atoms with Gasteiger partial charge in [-0.1, -0.05) is 23.7 Å². The molecule has 0 radical (unpaired) electrons. The largest absolute Gasteiger partial charge is 0.503 e. The van der Waals surface area contributed by atoms with E-state index in [0.717, 1.165) is 0 Å². The molecular weight excluding hydrogens is 429 g/mol. The summed E-state index contributed by atoms with van der Waals surface area (Å²) >= 11 is 5.77. The van der Waals surface area contributed by atoms with Gasteiger partial charge in [0.25, 0.3) is 11.8 Å². The molecule has 1 saturated heterocycles. The number of hydrogen-bond donors (Lipinski definition) is 2. The molecule has 0 bridgehead atoms. The lowest BCUT2D eigenvalue weighted by molar-refractivity contribution is -0.0308. The molecule has 162 valence electrons. The number of hydrogen-bond acceptors (Lipinski definition) is 5. The van der Waals surface area contributed by atoms with Crippen molar-refractivity contribution >= 4 is 23.4 Å². The molecule has 4 heterocycles. The quantitative estimate of drug-likeness (QED) is 0.749. The van der Waals surface area contributed by atoms with Gasteiger partial charge in [-0.05, 0) is 25.8 Å². The van der Waals surface area contributed by atoms with E-state index in [0.29, 0.717) is 25.1 Å². The highest BCUT2D eigenvalue weighted by molar-refractivity contribution is 6.30. The molecule has 31 heavy (non-hydrogen) atoms. The molecule has 10 heteroatoms. The lowest BCUT2D eigenvalue weighted by Gasteiger charge is -2.36. The van der Waals surface area contributed by atoms with Crippen LogP contribution in [-0.4, -0.2) is 45.3 Å². The van der Waals surface area contributed by atoms with Crippen molar-refractivity contribution in [1.82, 2.24) is 14.8 Å². The number of nitrogens with zero attached hydrogens (tertiary/aromatic N) is 2. The molecule has 0 aliphatic carbocycles. The van der Waals surface area contributed by atoms with E-state index in [1.165, 1.54) is 17.0 Å². The molecule has 2 amide bonds. The molecule has 3 aliphatic rings. The van der Waals surface area contributed by atoms with Gasteiger partial charge in [-0.15, -0.1) is 0 Å². The summed E-state index contributed by atoms with van der Waals surface area (Å²) < 4.78 is 21.6. The van der Waals surface area contributed by atoms with E-state index in [4.69, 9.17) is 16.3 Å². The van der Waals surface area contributed by atoms with Crippen molar-refractivity contribution in [2.75, 3.05) is 6.54 Å². The van der Waals surface area contributed by atoms with Crippen LogP contribution in [-0.2, 0) is 17.7 Å². The Bertz CT molecular complexity index is 1200. The predicted octanol–water partition coefficient (Wildman–Crippen LogP) is 1.96. The van der Waals surface area contributed by atoms with Crippen LogP contribution in [0.25, 0.3) is 0 Å². The average molecular weight is 448 g/mol. The predicted molar refractivity (Wildman–Crippen MR) is 108 cm³/mol. The van der Waals surface area contributed by atoms with E-state index in [2.05, 4.69) is 5.32 Å². The van der Waals surface area contributed by atoms with Crippen LogP contribution >= 0.6 is 11.6 Å². The van der Waals surface area contributed by atoms with Gasteiger partial charge in [0.15, 0.2) is 17.7 Å². The molecule has 3 aliphatic heterocycles. The molecule has 8 nitrogen and oxygen atoms in total. The minimum Gasteiger partial charge on any atom is -0.503 e. The number of halogens is 2. The minimum absolute atomic E-state index is 0.0754. The smallest absolute Gasteiger partial charge is 0.276 e. The van der Waals surface area contributed by atoms with Crippen molar-refractivity contribution < 1.29 is 23.8 Å². The van der Waals surface area contributed by atoms with E-state index in [1.807, 2.05) is 6.92 Å². The maximum atomic E-state index is 14.1. The highest BCUT2D eigenvalue weighted by atomic mass is 35.5. The molecule has 5 rings (SSSR count). The fourth-order valence-corrected chi connectivity index (χ4v) is 4.97. The third kappa shape index (κ3) is 2.87. The maximum absolute atomic E-state index is 14.1. The van der Waals surface area contributed by atoms with E-state index in [-0.39, 0.29) is 40.5 Å². The Morgan fingerprint density at radius 2 is 2.16 bits per heavy atom.